The van der Waals surface area contributed by atoms with Crippen molar-refractivity contribution in [2.45, 2.75) is 12.3 Å². The molecule has 0 atom stereocenters. The molecule has 2 heterocycles. The number of carboxylic acids is 1. The Morgan fingerprint density at radius 1 is 1.38 bits per heavy atom. The van der Waals surface area contributed by atoms with E-state index in [2.05, 4.69) is 4.98 Å². The molecule has 1 aliphatic rings. The van der Waals surface area contributed by atoms with E-state index in [-0.39, 0.29) is 18.0 Å². The van der Waals surface area contributed by atoms with Crippen LogP contribution in [0, 0.1) is 0 Å². The van der Waals surface area contributed by atoms with Gasteiger partial charge in [-0.25, -0.2) is 18.6 Å². The summed E-state index contributed by atoms with van der Waals surface area (Å²) >= 11 is 0.995. The lowest BCUT2D eigenvalue weighted by Crippen LogP contribution is -2.51. The van der Waals surface area contributed by atoms with E-state index in [0.29, 0.717) is 18.2 Å². The molecule has 1 aromatic rings. The van der Waals surface area contributed by atoms with Crippen LogP contribution in [0.2, 0.25) is 0 Å². The maximum absolute atomic E-state index is 13.0. The monoisotopic (exact) mass is 327 g/mol. The Balaban J connectivity index is 1.89. The third kappa shape index (κ3) is 3.82. The number of rotatable bonds is 5. The zero-order valence-corrected chi connectivity index (χ0v) is 11.6. The SMILES string of the molecule is O=C(O)c1cnc(N2CCN(CC(F)(F)C(F)F)CC2)s1. The Morgan fingerprint density at radius 2 is 2.00 bits per heavy atom. The van der Waals surface area contributed by atoms with Gasteiger partial charge < -0.3 is 10.0 Å². The van der Waals surface area contributed by atoms with Crippen molar-refractivity contribution < 1.29 is 27.5 Å². The van der Waals surface area contributed by atoms with Crippen molar-refractivity contribution in [1.82, 2.24) is 9.88 Å². The molecular formula is C11H13F4N3O2S. The zero-order valence-electron chi connectivity index (χ0n) is 10.8. The number of thiazole rings is 1. The van der Waals surface area contributed by atoms with E-state index in [4.69, 9.17) is 5.11 Å². The van der Waals surface area contributed by atoms with Gasteiger partial charge in [-0.05, 0) is 0 Å². The number of aromatic nitrogens is 1. The first-order valence-corrected chi connectivity index (χ1v) is 6.93. The van der Waals surface area contributed by atoms with E-state index in [1.807, 2.05) is 0 Å². The van der Waals surface area contributed by atoms with Crippen molar-refractivity contribution in [3.05, 3.63) is 11.1 Å². The maximum atomic E-state index is 13.0. The predicted molar refractivity (Wildman–Crippen MR) is 68.7 cm³/mol. The molecule has 0 aromatic carbocycles. The summed E-state index contributed by atoms with van der Waals surface area (Å²) in [5, 5.41) is 9.30. The van der Waals surface area contributed by atoms with Crippen LogP contribution in [0.15, 0.2) is 6.20 Å². The summed E-state index contributed by atoms with van der Waals surface area (Å²) < 4.78 is 50.2. The van der Waals surface area contributed by atoms with Crippen LogP contribution < -0.4 is 4.90 Å². The minimum atomic E-state index is -4.01. The highest BCUT2D eigenvalue weighted by molar-refractivity contribution is 7.17. The average molecular weight is 327 g/mol. The molecule has 0 aliphatic carbocycles. The number of aromatic carboxylic acids is 1. The fourth-order valence-electron chi connectivity index (χ4n) is 1.97. The second-order valence-corrected chi connectivity index (χ2v) is 5.65. The molecule has 1 saturated heterocycles. The summed E-state index contributed by atoms with van der Waals surface area (Å²) in [5.74, 6) is -5.09. The molecule has 0 unspecified atom stereocenters. The van der Waals surface area contributed by atoms with Crippen molar-refractivity contribution in [3.8, 4) is 0 Å². The number of anilines is 1. The van der Waals surface area contributed by atoms with Crippen molar-refractivity contribution >= 4 is 22.4 Å². The smallest absolute Gasteiger partial charge is 0.347 e. The van der Waals surface area contributed by atoms with Gasteiger partial charge >= 0.3 is 18.3 Å². The number of alkyl halides is 4. The first kappa shape index (κ1) is 16.0. The van der Waals surface area contributed by atoms with E-state index in [9.17, 15) is 22.4 Å². The van der Waals surface area contributed by atoms with Crippen molar-refractivity contribution in [1.29, 1.82) is 0 Å². The van der Waals surface area contributed by atoms with Crippen molar-refractivity contribution in [2.75, 3.05) is 37.6 Å². The lowest BCUT2D eigenvalue weighted by atomic mass is 10.2. The molecule has 5 nitrogen and oxygen atoms in total. The van der Waals surface area contributed by atoms with Gasteiger partial charge in [-0.3, -0.25) is 4.90 Å². The fraction of sp³-hybridized carbons (Fsp3) is 0.636. The second-order valence-electron chi connectivity index (χ2n) is 4.64. The Kier molecular flexibility index (Phi) is 4.67. The number of piperazine rings is 1. The standard InChI is InChI=1S/C11H13F4N3O2S/c12-9(13)11(14,15)6-17-1-3-18(4-2-17)10-16-5-7(21-10)8(19)20/h5,9H,1-4,6H2,(H,19,20). The van der Waals surface area contributed by atoms with Crippen LogP contribution in [0.3, 0.4) is 0 Å². The minimum absolute atomic E-state index is 0.0941. The number of carbonyl (C=O) groups is 1. The molecule has 118 valence electrons. The molecule has 0 spiro atoms. The Morgan fingerprint density at radius 3 is 2.48 bits per heavy atom. The van der Waals surface area contributed by atoms with Gasteiger partial charge in [0.15, 0.2) is 5.13 Å². The highest BCUT2D eigenvalue weighted by Crippen LogP contribution is 2.26. The van der Waals surface area contributed by atoms with Gasteiger partial charge in [0.05, 0.1) is 12.7 Å². The van der Waals surface area contributed by atoms with Gasteiger partial charge in [-0.2, -0.15) is 8.78 Å². The number of hydrogen-bond donors (Lipinski definition) is 1. The summed E-state index contributed by atoms with van der Waals surface area (Å²) in [6.07, 6.45) is -2.44. The van der Waals surface area contributed by atoms with Crippen molar-refractivity contribution in [2.24, 2.45) is 0 Å². The average Bonchev–Trinajstić information content (AvgIpc) is 2.88. The van der Waals surface area contributed by atoms with Crippen molar-refractivity contribution in [3.63, 3.8) is 0 Å². The van der Waals surface area contributed by atoms with Crippen LogP contribution in [0.25, 0.3) is 0 Å². The molecule has 1 aliphatic heterocycles. The van der Waals surface area contributed by atoms with Crippen LogP contribution in [0.4, 0.5) is 22.7 Å². The first-order valence-electron chi connectivity index (χ1n) is 6.12. The molecule has 21 heavy (non-hydrogen) atoms. The molecule has 0 amide bonds. The molecule has 1 aromatic heterocycles. The molecule has 10 heteroatoms. The number of carboxylic acid groups (broad SMARTS) is 1. The van der Waals surface area contributed by atoms with Crippen LogP contribution in [-0.2, 0) is 0 Å². The molecule has 1 N–H and O–H groups in total. The number of nitrogens with zero attached hydrogens (tertiary/aromatic N) is 3. The third-order valence-electron chi connectivity index (χ3n) is 3.10. The van der Waals surface area contributed by atoms with Crippen LogP contribution in [-0.4, -0.2) is 66.0 Å². The Bertz CT molecular complexity index is 503. The zero-order chi connectivity index (χ0) is 15.6. The van der Waals surface area contributed by atoms with Gasteiger partial charge in [0.25, 0.3) is 0 Å². The lowest BCUT2D eigenvalue weighted by molar-refractivity contribution is -0.142. The summed E-state index contributed by atoms with van der Waals surface area (Å²) in [7, 11) is 0. The highest BCUT2D eigenvalue weighted by Gasteiger charge is 2.42. The molecule has 1 fully saturated rings. The van der Waals surface area contributed by atoms with Crippen LogP contribution >= 0.6 is 11.3 Å². The van der Waals surface area contributed by atoms with Crippen LogP contribution in [0.1, 0.15) is 9.67 Å². The summed E-state index contributed by atoms with van der Waals surface area (Å²) in [6.45, 7) is 0.100. The maximum Gasteiger partial charge on any atom is 0.347 e. The lowest BCUT2D eigenvalue weighted by Gasteiger charge is -2.35. The van der Waals surface area contributed by atoms with E-state index in [0.717, 1.165) is 11.3 Å². The van der Waals surface area contributed by atoms with Crippen LogP contribution in [0.5, 0.6) is 0 Å². The molecule has 0 radical (unpaired) electrons. The predicted octanol–water partition coefficient (Wildman–Crippen LogP) is 1.86. The summed E-state index contributed by atoms with van der Waals surface area (Å²) in [4.78, 5) is 17.8. The fourth-order valence-corrected chi connectivity index (χ4v) is 2.78. The third-order valence-corrected chi connectivity index (χ3v) is 4.15. The van der Waals surface area contributed by atoms with Gasteiger partial charge in [0.2, 0.25) is 0 Å². The summed E-state index contributed by atoms with van der Waals surface area (Å²) in [5.41, 5.74) is 0. The van der Waals surface area contributed by atoms with E-state index in [1.165, 1.54) is 11.1 Å². The normalized spacial score (nSPS) is 17.5. The topological polar surface area (TPSA) is 56.7 Å². The van der Waals surface area contributed by atoms with Gasteiger partial charge in [0, 0.05) is 26.2 Å². The van der Waals surface area contributed by atoms with Gasteiger partial charge in [-0.15, -0.1) is 0 Å². The van der Waals surface area contributed by atoms with E-state index < -0.39 is 24.9 Å². The summed E-state index contributed by atoms with van der Waals surface area (Å²) in [6, 6.07) is 0. The highest BCUT2D eigenvalue weighted by atomic mass is 32.1. The minimum Gasteiger partial charge on any atom is -0.477 e. The Labute approximate surface area is 121 Å². The largest absolute Gasteiger partial charge is 0.477 e. The Hall–Kier alpha value is -1.42. The van der Waals surface area contributed by atoms with Gasteiger partial charge in [0.1, 0.15) is 4.88 Å². The molecule has 0 saturated carbocycles. The quantitative estimate of drug-likeness (QED) is 0.837. The molecular weight excluding hydrogens is 314 g/mol. The number of halogens is 4. The second kappa shape index (κ2) is 6.14. The molecule has 2 rings (SSSR count). The van der Waals surface area contributed by atoms with E-state index in [1.54, 1.807) is 4.90 Å². The molecule has 0 bridgehead atoms. The van der Waals surface area contributed by atoms with Gasteiger partial charge in [-0.1, -0.05) is 11.3 Å². The first-order chi connectivity index (χ1) is 9.79. The number of hydrogen-bond acceptors (Lipinski definition) is 5. The van der Waals surface area contributed by atoms with E-state index >= 15 is 0 Å².